The van der Waals surface area contributed by atoms with Crippen LogP contribution in [0.2, 0.25) is 0 Å². The van der Waals surface area contributed by atoms with Crippen LogP contribution in [0.1, 0.15) is 11.1 Å². The van der Waals surface area contributed by atoms with Gasteiger partial charge < -0.3 is 9.84 Å². The summed E-state index contributed by atoms with van der Waals surface area (Å²) in [6.07, 6.45) is 0. The Morgan fingerprint density at radius 3 is 2.48 bits per heavy atom. The smallest absolute Gasteiger partial charge is 0.165 e. The Kier molecular flexibility index (Phi) is 4.85. The van der Waals surface area contributed by atoms with Gasteiger partial charge in [-0.2, -0.15) is 0 Å². The lowest BCUT2D eigenvalue weighted by molar-refractivity contribution is 0.288. The number of aliphatic hydroxyl groups excluding tert-OH is 1. The summed E-state index contributed by atoms with van der Waals surface area (Å²) >= 11 is 0. The van der Waals surface area contributed by atoms with Crippen LogP contribution in [0.15, 0.2) is 36.4 Å². The second-order valence-electron chi connectivity index (χ2n) is 4.12. The van der Waals surface area contributed by atoms with Gasteiger partial charge in [-0.15, -0.1) is 0 Å². The zero-order chi connectivity index (χ0) is 15.2. The fourth-order valence-corrected chi connectivity index (χ4v) is 1.67. The summed E-state index contributed by atoms with van der Waals surface area (Å²) in [5.74, 6) is 2.94. The number of hydrogen-bond acceptors (Lipinski definition) is 2. The molecule has 0 radical (unpaired) electrons. The van der Waals surface area contributed by atoms with Crippen molar-refractivity contribution in [2.45, 2.75) is 6.61 Å². The zero-order valence-electron chi connectivity index (χ0n) is 10.9. The molecule has 0 saturated heterocycles. The maximum Gasteiger partial charge on any atom is 0.165 e. The Balaban J connectivity index is 2.21. The maximum atomic E-state index is 13.4. The van der Waals surface area contributed by atoms with Gasteiger partial charge in [-0.05, 0) is 24.3 Å². The van der Waals surface area contributed by atoms with Crippen LogP contribution in [0.5, 0.6) is 5.75 Å². The van der Waals surface area contributed by atoms with Crippen molar-refractivity contribution in [3.63, 3.8) is 0 Å². The Morgan fingerprint density at radius 1 is 1.00 bits per heavy atom. The van der Waals surface area contributed by atoms with Crippen molar-refractivity contribution in [1.29, 1.82) is 0 Å². The van der Waals surface area contributed by atoms with Crippen LogP contribution in [0.4, 0.5) is 13.2 Å². The van der Waals surface area contributed by atoms with Gasteiger partial charge in [-0.3, -0.25) is 0 Å². The van der Waals surface area contributed by atoms with Gasteiger partial charge in [0.15, 0.2) is 11.6 Å². The first-order valence-corrected chi connectivity index (χ1v) is 6.06. The predicted molar refractivity (Wildman–Crippen MR) is 71.1 cm³/mol. The van der Waals surface area contributed by atoms with E-state index in [1.807, 2.05) is 0 Å². The first kappa shape index (κ1) is 14.9. The minimum atomic E-state index is -0.693. The van der Waals surface area contributed by atoms with Gasteiger partial charge in [-0.25, -0.2) is 13.2 Å². The van der Waals surface area contributed by atoms with E-state index in [0.29, 0.717) is 11.1 Å². The van der Waals surface area contributed by atoms with Crippen LogP contribution in [0.3, 0.4) is 0 Å². The SMILES string of the molecule is OCC#Cc1cc(F)ccc1COc1cc(F)ccc1F. The number of aliphatic hydroxyl groups is 1. The summed E-state index contributed by atoms with van der Waals surface area (Å²) in [4.78, 5) is 0. The second-order valence-corrected chi connectivity index (χ2v) is 4.12. The molecule has 0 amide bonds. The van der Waals surface area contributed by atoms with E-state index in [1.54, 1.807) is 0 Å². The first-order valence-electron chi connectivity index (χ1n) is 6.06. The molecule has 2 nitrogen and oxygen atoms in total. The van der Waals surface area contributed by atoms with Gasteiger partial charge in [0.2, 0.25) is 0 Å². The second kappa shape index (κ2) is 6.82. The van der Waals surface area contributed by atoms with Crippen LogP contribution < -0.4 is 4.74 Å². The zero-order valence-corrected chi connectivity index (χ0v) is 10.9. The average molecular weight is 292 g/mol. The third kappa shape index (κ3) is 4.01. The van der Waals surface area contributed by atoms with E-state index in [1.165, 1.54) is 18.2 Å². The molecule has 0 heterocycles. The Morgan fingerprint density at radius 2 is 1.71 bits per heavy atom. The summed E-state index contributed by atoms with van der Waals surface area (Å²) in [7, 11) is 0. The third-order valence-electron chi connectivity index (χ3n) is 2.65. The van der Waals surface area contributed by atoms with Crippen molar-refractivity contribution < 1.29 is 23.0 Å². The van der Waals surface area contributed by atoms with Gasteiger partial charge in [0.1, 0.15) is 24.8 Å². The quantitative estimate of drug-likeness (QED) is 0.881. The summed E-state index contributed by atoms with van der Waals surface area (Å²) in [5.41, 5.74) is 0.821. The molecule has 0 aliphatic carbocycles. The summed E-state index contributed by atoms with van der Waals surface area (Å²) in [5, 5.41) is 8.67. The molecule has 0 aliphatic rings. The van der Waals surface area contributed by atoms with Gasteiger partial charge >= 0.3 is 0 Å². The van der Waals surface area contributed by atoms with Gasteiger partial charge in [0.25, 0.3) is 0 Å². The van der Waals surface area contributed by atoms with Crippen molar-refractivity contribution in [3.05, 3.63) is 65.0 Å². The minimum absolute atomic E-state index is 0.101. The van der Waals surface area contributed by atoms with Crippen LogP contribution in [-0.2, 0) is 6.61 Å². The number of hydrogen-bond donors (Lipinski definition) is 1. The standard InChI is InChI=1S/C16H11F3O2/c17-13-4-3-12(11(8-13)2-1-7-20)10-21-16-9-14(18)5-6-15(16)19/h3-6,8-9,20H,7,10H2. The molecular formula is C16H11F3O2. The lowest BCUT2D eigenvalue weighted by Crippen LogP contribution is -2.01. The summed E-state index contributed by atoms with van der Waals surface area (Å²) in [6, 6.07) is 6.71. The molecule has 0 atom stereocenters. The molecule has 21 heavy (non-hydrogen) atoms. The molecule has 0 saturated carbocycles. The highest BCUT2D eigenvalue weighted by atomic mass is 19.1. The lowest BCUT2D eigenvalue weighted by Gasteiger charge is -2.09. The number of ether oxygens (including phenoxy) is 1. The average Bonchev–Trinajstić information content (AvgIpc) is 2.47. The van der Waals surface area contributed by atoms with Crippen LogP contribution in [-0.4, -0.2) is 11.7 Å². The molecule has 0 unspecified atom stereocenters. The Labute approximate surface area is 119 Å². The summed E-state index contributed by atoms with van der Waals surface area (Å²) < 4.78 is 44.8. The molecule has 0 bridgehead atoms. The first-order chi connectivity index (χ1) is 10.1. The minimum Gasteiger partial charge on any atom is -0.486 e. The molecule has 5 heteroatoms. The number of benzene rings is 2. The highest BCUT2D eigenvalue weighted by Crippen LogP contribution is 2.20. The van der Waals surface area contributed by atoms with Crippen molar-refractivity contribution in [3.8, 4) is 17.6 Å². The molecule has 0 fully saturated rings. The summed E-state index contributed by atoms with van der Waals surface area (Å²) in [6.45, 7) is -0.467. The maximum absolute atomic E-state index is 13.4. The van der Waals surface area contributed by atoms with Gasteiger partial charge in [0, 0.05) is 17.2 Å². The van der Waals surface area contributed by atoms with E-state index in [0.717, 1.165) is 18.2 Å². The molecule has 1 N–H and O–H groups in total. The fraction of sp³-hybridized carbons (Fsp3) is 0.125. The van der Waals surface area contributed by atoms with Crippen molar-refractivity contribution in [2.24, 2.45) is 0 Å². The molecule has 2 aromatic carbocycles. The van der Waals surface area contributed by atoms with E-state index in [9.17, 15) is 13.2 Å². The third-order valence-corrected chi connectivity index (χ3v) is 2.65. The fourth-order valence-electron chi connectivity index (χ4n) is 1.67. The highest BCUT2D eigenvalue weighted by Gasteiger charge is 2.08. The van der Waals surface area contributed by atoms with E-state index >= 15 is 0 Å². The number of rotatable bonds is 3. The topological polar surface area (TPSA) is 29.5 Å². The molecule has 0 aromatic heterocycles. The molecule has 0 aliphatic heterocycles. The molecule has 2 rings (SSSR count). The number of halogens is 3. The normalized spacial score (nSPS) is 9.90. The molecule has 2 aromatic rings. The Hall–Kier alpha value is -2.45. The highest BCUT2D eigenvalue weighted by molar-refractivity contribution is 5.41. The molecule has 108 valence electrons. The predicted octanol–water partition coefficient (Wildman–Crippen LogP) is 3.03. The van der Waals surface area contributed by atoms with E-state index in [-0.39, 0.29) is 19.0 Å². The van der Waals surface area contributed by atoms with E-state index in [4.69, 9.17) is 9.84 Å². The van der Waals surface area contributed by atoms with Gasteiger partial charge in [0.05, 0.1) is 0 Å². The van der Waals surface area contributed by atoms with Crippen LogP contribution >= 0.6 is 0 Å². The largest absolute Gasteiger partial charge is 0.486 e. The van der Waals surface area contributed by atoms with Crippen molar-refractivity contribution in [2.75, 3.05) is 6.61 Å². The van der Waals surface area contributed by atoms with Crippen molar-refractivity contribution >= 4 is 0 Å². The molecular weight excluding hydrogens is 281 g/mol. The van der Waals surface area contributed by atoms with Crippen molar-refractivity contribution in [1.82, 2.24) is 0 Å². The monoisotopic (exact) mass is 292 g/mol. The lowest BCUT2D eigenvalue weighted by atomic mass is 10.1. The van der Waals surface area contributed by atoms with Gasteiger partial charge in [-0.1, -0.05) is 17.9 Å². The Bertz CT molecular complexity index is 702. The van der Waals surface area contributed by atoms with E-state index < -0.39 is 17.5 Å². The van der Waals surface area contributed by atoms with E-state index in [2.05, 4.69) is 11.8 Å². The molecule has 0 spiro atoms. The van der Waals surface area contributed by atoms with Crippen LogP contribution in [0, 0.1) is 29.3 Å². The van der Waals surface area contributed by atoms with Crippen LogP contribution in [0.25, 0.3) is 0 Å².